The molecule has 0 aliphatic carbocycles. The van der Waals surface area contributed by atoms with Gasteiger partial charge in [-0.2, -0.15) is 0 Å². The average Bonchev–Trinajstić information content (AvgIpc) is 2.46. The lowest BCUT2D eigenvalue weighted by atomic mass is 10.1. The van der Waals surface area contributed by atoms with Crippen LogP contribution in [0, 0.1) is 6.92 Å². The number of hydrogen-bond acceptors (Lipinski definition) is 3. The number of nitrogens with one attached hydrogen (secondary N) is 1. The van der Waals surface area contributed by atoms with Crippen molar-refractivity contribution in [3.05, 3.63) is 65.0 Å². The average molecular weight is 270 g/mol. The van der Waals surface area contributed by atoms with Gasteiger partial charge >= 0.3 is 5.97 Å². The molecule has 2 rings (SSSR count). The van der Waals surface area contributed by atoms with Gasteiger partial charge in [0, 0.05) is 18.9 Å². The van der Waals surface area contributed by atoms with Crippen molar-refractivity contribution < 1.29 is 14.7 Å². The summed E-state index contributed by atoms with van der Waals surface area (Å²) in [5, 5.41) is 11.7. The predicted octanol–water partition coefficient (Wildman–Crippen LogP) is 2.02. The number of benzene rings is 1. The molecule has 0 fully saturated rings. The Balaban J connectivity index is 2.09. The number of carbonyl (C=O) groups excluding carboxylic acids is 1. The topological polar surface area (TPSA) is 79.3 Å². The van der Waals surface area contributed by atoms with E-state index >= 15 is 0 Å². The second-order valence-corrected chi connectivity index (χ2v) is 4.39. The minimum Gasteiger partial charge on any atom is -0.478 e. The Hall–Kier alpha value is -2.69. The van der Waals surface area contributed by atoms with Crippen molar-refractivity contribution in [3.63, 3.8) is 0 Å². The van der Waals surface area contributed by atoms with Gasteiger partial charge < -0.3 is 10.4 Å². The summed E-state index contributed by atoms with van der Waals surface area (Å²) in [6.07, 6.45) is 2.57. The molecule has 0 spiro atoms. The quantitative estimate of drug-likeness (QED) is 0.890. The van der Waals surface area contributed by atoms with Crippen molar-refractivity contribution in [2.45, 2.75) is 13.5 Å². The van der Waals surface area contributed by atoms with Gasteiger partial charge in [0.1, 0.15) is 0 Å². The van der Waals surface area contributed by atoms with Crippen LogP contribution in [0.2, 0.25) is 0 Å². The van der Waals surface area contributed by atoms with Gasteiger partial charge in [0.05, 0.1) is 11.1 Å². The number of aromatic carboxylic acids is 1. The number of rotatable bonds is 4. The van der Waals surface area contributed by atoms with Gasteiger partial charge in [0.2, 0.25) is 0 Å². The maximum absolute atomic E-state index is 12.0. The van der Waals surface area contributed by atoms with E-state index in [1.54, 1.807) is 0 Å². The molecule has 1 aromatic heterocycles. The number of carboxylic acids is 1. The van der Waals surface area contributed by atoms with Crippen LogP contribution in [-0.4, -0.2) is 22.0 Å². The van der Waals surface area contributed by atoms with E-state index in [-0.39, 0.29) is 11.1 Å². The molecule has 2 N–H and O–H groups in total. The predicted molar refractivity (Wildman–Crippen MR) is 73.5 cm³/mol. The number of carboxylic acid groups (broad SMARTS) is 1. The van der Waals surface area contributed by atoms with Crippen molar-refractivity contribution in [2.75, 3.05) is 0 Å². The van der Waals surface area contributed by atoms with E-state index in [9.17, 15) is 9.59 Å². The standard InChI is InChI=1S/C15H14N2O3/c1-10-2-4-11(5-3-10)8-17-14(18)12-6-7-16-9-13(12)15(19)20/h2-7,9H,8H2,1H3,(H,17,18)(H,19,20). The van der Waals surface area contributed by atoms with Gasteiger partial charge in [-0.05, 0) is 18.6 Å². The molecular formula is C15H14N2O3. The van der Waals surface area contributed by atoms with Gasteiger partial charge in [0.25, 0.3) is 5.91 Å². The van der Waals surface area contributed by atoms with Crippen LogP contribution in [0.1, 0.15) is 31.8 Å². The molecule has 1 heterocycles. The lowest BCUT2D eigenvalue weighted by molar-refractivity contribution is 0.0690. The highest BCUT2D eigenvalue weighted by Gasteiger charge is 2.15. The minimum atomic E-state index is -1.17. The number of carbonyl (C=O) groups is 2. The maximum atomic E-state index is 12.0. The SMILES string of the molecule is Cc1ccc(CNC(=O)c2ccncc2C(=O)O)cc1. The molecule has 0 aliphatic rings. The number of pyridine rings is 1. The Morgan fingerprint density at radius 3 is 2.50 bits per heavy atom. The second-order valence-electron chi connectivity index (χ2n) is 4.39. The van der Waals surface area contributed by atoms with Gasteiger partial charge in [-0.3, -0.25) is 9.78 Å². The van der Waals surface area contributed by atoms with Crippen molar-refractivity contribution in [2.24, 2.45) is 0 Å². The summed E-state index contributed by atoms with van der Waals surface area (Å²) in [5.74, 6) is -1.59. The van der Waals surface area contributed by atoms with Crippen LogP contribution in [0.4, 0.5) is 0 Å². The van der Waals surface area contributed by atoms with E-state index < -0.39 is 11.9 Å². The third-order valence-electron chi connectivity index (χ3n) is 2.87. The first-order chi connectivity index (χ1) is 9.58. The van der Waals surface area contributed by atoms with Gasteiger partial charge in [-0.15, -0.1) is 0 Å². The Morgan fingerprint density at radius 1 is 1.15 bits per heavy atom. The Morgan fingerprint density at radius 2 is 1.85 bits per heavy atom. The number of amides is 1. The third kappa shape index (κ3) is 3.20. The van der Waals surface area contributed by atoms with E-state index in [1.807, 2.05) is 31.2 Å². The molecule has 102 valence electrons. The first kappa shape index (κ1) is 13.7. The highest BCUT2D eigenvalue weighted by molar-refractivity contribution is 6.04. The fourth-order valence-corrected chi connectivity index (χ4v) is 1.75. The lowest BCUT2D eigenvalue weighted by Crippen LogP contribution is -2.25. The fourth-order valence-electron chi connectivity index (χ4n) is 1.75. The molecule has 2 aromatic rings. The Labute approximate surface area is 116 Å². The number of hydrogen-bond donors (Lipinski definition) is 2. The molecule has 0 bridgehead atoms. The van der Waals surface area contributed by atoms with Gasteiger partial charge in [-0.25, -0.2) is 4.79 Å². The Kier molecular flexibility index (Phi) is 4.10. The van der Waals surface area contributed by atoms with Gasteiger partial charge in [0.15, 0.2) is 0 Å². The van der Waals surface area contributed by atoms with Crippen LogP contribution in [0.3, 0.4) is 0 Å². The molecule has 0 saturated heterocycles. The lowest BCUT2D eigenvalue weighted by Gasteiger charge is -2.07. The molecule has 5 nitrogen and oxygen atoms in total. The van der Waals surface area contributed by atoms with E-state index in [0.717, 1.165) is 11.1 Å². The molecule has 20 heavy (non-hydrogen) atoms. The number of aromatic nitrogens is 1. The van der Waals surface area contributed by atoms with Crippen molar-refractivity contribution in [1.82, 2.24) is 10.3 Å². The Bertz CT molecular complexity index is 636. The third-order valence-corrected chi connectivity index (χ3v) is 2.87. The number of aryl methyl sites for hydroxylation is 1. The summed E-state index contributed by atoms with van der Waals surface area (Å²) in [4.78, 5) is 26.7. The monoisotopic (exact) mass is 270 g/mol. The molecule has 1 aromatic carbocycles. The fraction of sp³-hybridized carbons (Fsp3) is 0.133. The molecular weight excluding hydrogens is 256 g/mol. The first-order valence-electron chi connectivity index (χ1n) is 6.09. The highest BCUT2D eigenvalue weighted by atomic mass is 16.4. The molecule has 0 unspecified atom stereocenters. The first-order valence-corrected chi connectivity index (χ1v) is 6.09. The van der Waals surface area contributed by atoms with E-state index in [4.69, 9.17) is 5.11 Å². The summed E-state index contributed by atoms with van der Waals surface area (Å²) in [7, 11) is 0. The van der Waals surface area contributed by atoms with E-state index in [1.165, 1.54) is 18.5 Å². The van der Waals surface area contributed by atoms with Crippen LogP contribution in [-0.2, 0) is 6.54 Å². The van der Waals surface area contributed by atoms with Gasteiger partial charge in [-0.1, -0.05) is 29.8 Å². The summed E-state index contributed by atoms with van der Waals surface area (Å²) >= 11 is 0. The normalized spacial score (nSPS) is 10.1. The summed E-state index contributed by atoms with van der Waals surface area (Å²) < 4.78 is 0. The van der Waals surface area contributed by atoms with E-state index in [2.05, 4.69) is 10.3 Å². The van der Waals surface area contributed by atoms with E-state index in [0.29, 0.717) is 6.54 Å². The van der Waals surface area contributed by atoms with Crippen LogP contribution in [0.25, 0.3) is 0 Å². The molecule has 5 heteroatoms. The molecule has 0 aliphatic heterocycles. The largest absolute Gasteiger partial charge is 0.478 e. The zero-order chi connectivity index (χ0) is 14.5. The second kappa shape index (κ2) is 5.97. The summed E-state index contributed by atoms with van der Waals surface area (Å²) in [5.41, 5.74) is 2.10. The molecule has 0 saturated carbocycles. The maximum Gasteiger partial charge on any atom is 0.338 e. The van der Waals surface area contributed by atoms with Crippen LogP contribution in [0.5, 0.6) is 0 Å². The van der Waals surface area contributed by atoms with Crippen LogP contribution >= 0.6 is 0 Å². The zero-order valence-corrected chi connectivity index (χ0v) is 11.0. The minimum absolute atomic E-state index is 0.103. The van der Waals surface area contributed by atoms with Crippen LogP contribution < -0.4 is 5.32 Å². The number of nitrogens with zero attached hydrogens (tertiary/aromatic N) is 1. The van der Waals surface area contributed by atoms with Crippen molar-refractivity contribution >= 4 is 11.9 Å². The highest BCUT2D eigenvalue weighted by Crippen LogP contribution is 2.08. The van der Waals surface area contributed by atoms with Crippen molar-refractivity contribution in [1.29, 1.82) is 0 Å². The molecule has 0 atom stereocenters. The molecule has 1 amide bonds. The zero-order valence-electron chi connectivity index (χ0n) is 11.0. The smallest absolute Gasteiger partial charge is 0.338 e. The summed E-state index contributed by atoms with van der Waals surface area (Å²) in [6.45, 7) is 2.33. The van der Waals surface area contributed by atoms with Crippen molar-refractivity contribution in [3.8, 4) is 0 Å². The summed E-state index contributed by atoms with van der Waals surface area (Å²) in [6, 6.07) is 9.14. The molecule has 0 radical (unpaired) electrons. The van der Waals surface area contributed by atoms with Crippen LogP contribution in [0.15, 0.2) is 42.7 Å².